The number of aryl methyl sites for hydroxylation is 2. The van der Waals surface area contributed by atoms with Crippen molar-refractivity contribution in [3.63, 3.8) is 0 Å². The lowest BCUT2D eigenvalue weighted by Gasteiger charge is -2.37. The van der Waals surface area contributed by atoms with Crippen LogP contribution >= 0.6 is 0 Å². The van der Waals surface area contributed by atoms with E-state index < -0.39 is 35.0 Å². The molecule has 3 heterocycles. The summed E-state index contributed by atoms with van der Waals surface area (Å²) in [4.78, 5) is 44.8. The summed E-state index contributed by atoms with van der Waals surface area (Å²) in [5.74, 6) is -2.96. The molecule has 1 spiro atoms. The molecule has 3 aliphatic rings. The van der Waals surface area contributed by atoms with Gasteiger partial charge in [0.05, 0.1) is 24.7 Å². The fourth-order valence-electron chi connectivity index (χ4n) is 6.65. The Hall–Kier alpha value is -2.97. The number of esters is 1. The number of carbonyl (C=O) groups is 3. The van der Waals surface area contributed by atoms with Crippen LogP contribution in [0, 0.1) is 31.6 Å². The Kier molecular flexibility index (Phi) is 7.36. The number of amides is 2. The smallest absolute Gasteiger partial charge is 0.312 e. The predicted octanol–water partition coefficient (Wildman–Crippen LogP) is 2.94. The number of ether oxygens (including phenoxy) is 2. The van der Waals surface area contributed by atoms with Gasteiger partial charge in [0.2, 0.25) is 5.91 Å². The van der Waals surface area contributed by atoms with Crippen molar-refractivity contribution in [3.05, 3.63) is 54.6 Å². The van der Waals surface area contributed by atoms with Gasteiger partial charge in [0.25, 0.3) is 5.91 Å². The number of carbonyl (C=O) groups excluding carboxylic acids is 3. The van der Waals surface area contributed by atoms with Gasteiger partial charge in [-0.15, -0.1) is 13.2 Å². The monoisotopic (exact) mass is 510 g/mol. The molecule has 8 heteroatoms. The van der Waals surface area contributed by atoms with Crippen LogP contribution in [0.1, 0.15) is 37.8 Å². The van der Waals surface area contributed by atoms with Crippen molar-refractivity contribution < 1.29 is 29.0 Å². The van der Waals surface area contributed by atoms with Crippen LogP contribution in [0.15, 0.2) is 43.5 Å². The van der Waals surface area contributed by atoms with Gasteiger partial charge in [-0.2, -0.15) is 0 Å². The van der Waals surface area contributed by atoms with Gasteiger partial charge in [-0.05, 0) is 56.7 Å². The van der Waals surface area contributed by atoms with Gasteiger partial charge in [-0.25, -0.2) is 0 Å². The Morgan fingerprint density at radius 1 is 1.30 bits per heavy atom. The minimum absolute atomic E-state index is 0.0328. The zero-order valence-corrected chi connectivity index (χ0v) is 22.2. The van der Waals surface area contributed by atoms with Gasteiger partial charge in [0.1, 0.15) is 17.6 Å². The highest BCUT2D eigenvalue weighted by Crippen LogP contribution is 2.65. The van der Waals surface area contributed by atoms with E-state index >= 15 is 0 Å². The maximum absolute atomic E-state index is 14.4. The fraction of sp³-hybridized carbons (Fsp3) is 0.552. The van der Waals surface area contributed by atoms with Gasteiger partial charge in [0.15, 0.2) is 0 Å². The number of hydrogen-bond donors (Lipinski definition) is 1. The van der Waals surface area contributed by atoms with Crippen LogP contribution in [0.4, 0.5) is 5.69 Å². The number of fused-ring (bicyclic) bond motifs is 1. The second kappa shape index (κ2) is 10.1. The van der Waals surface area contributed by atoms with Crippen molar-refractivity contribution in [2.75, 3.05) is 31.2 Å². The Morgan fingerprint density at radius 3 is 2.68 bits per heavy atom. The molecule has 37 heavy (non-hydrogen) atoms. The van der Waals surface area contributed by atoms with Crippen molar-refractivity contribution >= 4 is 23.5 Å². The maximum atomic E-state index is 14.4. The van der Waals surface area contributed by atoms with E-state index in [4.69, 9.17) is 9.47 Å². The van der Waals surface area contributed by atoms with Gasteiger partial charge in [-0.1, -0.05) is 31.2 Å². The van der Waals surface area contributed by atoms with Crippen LogP contribution in [0.3, 0.4) is 0 Å². The van der Waals surface area contributed by atoms with Gasteiger partial charge in [-0.3, -0.25) is 14.4 Å². The average Bonchev–Trinajstić information content (AvgIpc) is 3.36. The molecule has 8 nitrogen and oxygen atoms in total. The third-order valence-corrected chi connectivity index (χ3v) is 8.44. The van der Waals surface area contributed by atoms with Gasteiger partial charge in [0, 0.05) is 18.8 Å². The minimum atomic E-state index is -1.20. The summed E-state index contributed by atoms with van der Waals surface area (Å²) >= 11 is 0. The molecule has 1 aromatic rings. The summed E-state index contributed by atoms with van der Waals surface area (Å²) in [6, 6.07) is 4.88. The van der Waals surface area contributed by atoms with E-state index in [0.29, 0.717) is 12.8 Å². The summed E-state index contributed by atoms with van der Waals surface area (Å²) in [6.45, 7) is 15.3. The van der Waals surface area contributed by atoms with Crippen molar-refractivity contribution in [1.29, 1.82) is 0 Å². The first-order valence-corrected chi connectivity index (χ1v) is 13.0. The van der Waals surface area contributed by atoms with Crippen molar-refractivity contribution in [2.24, 2.45) is 17.8 Å². The third-order valence-electron chi connectivity index (χ3n) is 8.44. The normalized spacial score (nSPS) is 31.8. The standard InChI is InChI=1S/C29H38N2O6/c1-7-9-15-36-27(35)23-22-25(33)31(13-14-32)24(29(22)17-20(5)28(23,6)37-29)26(34)30(12-8-2)21-16-18(3)10-11-19(21)4/h7-8,10-11,16,20,22-24,32H,1-2,9,12-15,17H2,3-6H3/t20?,22-,23+,24?,28-,29?/m0/s1. The van der Waals surface area contributed by atoms with E-state index in [9.17, 15) is 19.5 Å². The van der Waals surface area contributed by atoms with Crippen LogP contribution < -0.4 is 4.90 Å². The molecule has 1 N–H and O–H groups in total. The van der Waals surface area contributed by atoms with Crippen molar-refractivity contribution in [3.8, 4) is 0 Å². The number of benzene rings is 1. The molecule has 0 aromatic heterocycles. The van der Waals surface area contributed by atoms with Gasteiger partial charge >= 0.3 is 5.97 Å². The Balaban J connectivity index is 1.80. The summed E-state index contributed by atoms with van der Waals surface area (Å²) < 4.78 is 12.2. The van der Waals surface area contributed by atoms with Crippen LogP contribution in [0.25, 0.3) is 0 Å². The molecule has 2 bridgehead atoms. The lowest BCUT2D eigenvalue weighted by atomic mass is 9.62. The zero-order chi connectivity index (χ0) is 27.1. The minimum Gasteiger partial charge on any atom is -0.465 e. The molecule has 2 amide bonds. The maximum Gasteiger partial charge on any atom is 0.312 e. The summed E-state index contributed by atoms with van der Waals surface area (Å²) in [6.07, 6.45) is 4.26. The molecule has 3 saturated heterocycles. The fourth-order valence-corrected chi connectivity index (χ4v) is 6.65. The molecular weight excluding hydrogens is 472 g/mol. The first kappa shape index (κ1) is 27.1. The van der Waals surface area contributed by atoms with Crippen molar-refractivity contribution in [2.45, 2.75) is 57.8 Å². The number of nitrogens with zero attached hydrogens (tertiary/aromatic N) is 2. The number of hydrogen-bond acceptors (Lipinski definition) is 6. The van der Waals surface area contributed by atoms with E-state index in [2.05, 4.69) is 13.2 Å². The molecule has 4 rings (SSSR count). The number of aliphatic hydroxyl groups is 1. The van der Waals surface area contributed by atoms with Crippen LogP contribution in [-0.4, -0.2) is 71.3 Å². The Morgan fingerprint density at radius 2 is 2.03 bits per heavy atom. The first-order valence-electron chi connectivity index (χ1n) is 13.0. The van der Waals surface area contributed by atoms with Crippen LogP contribution in [0.5, 0.6) is 0 Å². The molecule has 0 aliphatic carbocycles. The predicted molar refractivity (Wildman–Crippen MR) is 140 cm³/mol. The molecule has 200 valence electrons. The molecule has 0 radical (unpaired) electrons. The quantitative estimate of drug-likeness (QED) is 0.295. The van der Waals surface area contributed by atoms with E-state index in [-0.39, 0.29) is 44.0 Å². The summed E-state index contributed by atoms with van der Waals surface area (Å²) in [7, 11) is 0. The SMILES string of the molecule is C=CCCOC(=O)[C@H]1[C@H]2C(=O)N(CCO)C(C(=O)N(CC=C)c3cc(C)ccc3C)C23CC(C)[C@]1(C)O3. The lowest BCUT2D eigenvalue weighted by molar-refractivity contribution is -0.161. The molecule has 6 atom stereocenters. The number of β-amino-alcohol motifs (C(OH)–C–C–N with tert-alkyl or cyclic N) is 1. The lowest BCUT2D eigenvalue weighted by Crippen LogP contribution is -2.57. The summed E-state index contributed by atoms with van der Waals surface area (Å²) in [5, 5.41) is 9.86. The summed E-state index contributed by atoms with van der Waals surface area (Å²) in [5.41, 5.74) is 0.492. The molecule has 3 unspecified atom stereocenters. The van der Waals surface area contributed by atoms with E-state index in [1.54, 1.807) is 17.1 Å². The van der Waals surface area contributed by atoms with Crippen molar-refractivity contribution in [1.82, 2.24) is 4.90 Å². The number of likely N-dealkylation sites (tertiary alicyclic amines) is 1. The number of aliphatic hydroxyl groups excluding tert-OH is 1. The largest absolute Gasteiger partial charge is 0.465 e. The van der Waals surface area contributed by atoms with Gasteiger partial charge < -0.3 is 24.4 Å². The molecule has 0 saturated carbocycles. The molecule has 3 fully saturated rings. The second-order valence-electron chi connectivity index (χ2n) is 10.7. The van der Waals surface area contributed by atoms with E-state index in [1.165, 1.54) is 4.90 Å². The highest BCUT2D eigenvalue weighted by atomic mass is 16.6. The Labute approximate surface area is 218 Å². The second-order valence-corrected chi connectivity index (χ2v) is 10.7. The van der Waals surface area contributed by atoms with E-state index in [0.717, 1.165) is 16.8 Å². The molecule has 1 aromatic carbocycles. The van der Waals surface area contributed by atoms with Crippen LogP contribution in [0.2, 0.25) is 0 Å². The topological polar surface area (TPSA) is 96.4 Å². The highest BCUT2D eigenvalue weighted by Gasteiger charge is 2.80. The first-order chi connectivity index (χ1) is 17.6. The number of anilines is 1. The van der Waals surface area contributed by atoms with Crippen LogP contribution in [-0.2, 0) is 23.9 Å². The average molecular weight is 511 g/mol. The third kappa shape index (κ3) is 4.10. The highest BCUT2D eigenvalue weighted by molar-refractivity contribution is 6.05. The van der Waals surface area contributed by atoms with E-state index in [1.807, 2.05) is 45.9 Å². The Bertz CT molecular complexity index is 1120. The molecular formula is C29H38N2O6. The number of rotatable bonds is 10. The zero-order valence-electron chi connectivity index (χ0n) is 22.2. The molecule has 3 aliphatic heterocycles.